The van der Waals surface area contributed by atoms with Gasteiger partial charge in [0.2, 0.25) is 11.5 Å². The summed E-state index contributed by atoms with van der Waals surface area (Å²) in [5, 5.41) is 17.7. The Balaban J connectivity index is 2.44. The molecule has 0 aliphatic rings. The number of ketones is 1. The topological polar surface area (TPSA) is 105 Å². The summed E-state index contributed by atoms with van der Waals surface area (Å²) in [5.74, 6) is -3.81. The van der Waals surface area contributed by atoms with E-state index >= 15 is 0 Å². The molecule has 6 heteroatoms. The molecular weight excluding hydrogens is 252 g/mol. The van der Waals surface area contributed by atoms with Crippen LogP contribution in [0.3, 0.4) is 0 Å². The van der Waals surface area contributed by atoms with Crippen molar-refractivity contribution in [2.75, 3.05) is 0 Å². The molecule has 0 saturated heterocycles. The van der Waals surface area contributed by atoms with E-state index in [0.29, 0.717) is 0 Å². The molecule has 1 aromatic heterocycles. The molecule has 1 aromatic carbocycles. The maximum atomic E-state index is 12.1. The van der Waals surface area contributed by atoms with Gasteiger partial charge >= 0.3 is 11.9 Å². The van der Waals surface area contributed by atoms with Crippen LogP contribution in [-0.2, 0) is 0 Å². The van der Waals surface area contributed by atoms with Crippen LogP contribution in [0.4, 0.5) is 0 Å². The van der Waals surface area contributed by atoms with Crippen LogP contribution in [0.25, 0.3) is 0 Å². The fourth-order valence-corrected chi connectivity index (χ4v) is 1.58. The Labute approximate surface area is 106 Å². The zero-order valence-electron chi connectivity index (χ0n) is 9.49. The lowest BCUT2D eigenvalue weighted by Gasteiger charge is -2.02. The van der Waals surface area contributed by atoms with Crippen molar-refractivity contribution in [3.8, 4) is 0 Å². The third kappa shape index (κ3) is 2.37. The molecular formula is C13H8O6. The smallest absolute Gasteiger partial charge is 0.371 e. The van der Waals surface area contributed by atoms with Crippen LogP contribution in [0, 0.1) is 0 Å². The van der Waals surface area contributed by atoms with Gasteiger partial charge in [-0.15, -0.1) is 0 Å². The highest BCUT2D eigenvalue weighted by atomic mass is 16.4. The van der Waals surface area contributed by atoms with E-state index in [0.717, 1.165) is 6.07 Å². The molecule has 0 aliphatic heterocycles. The van der Waals surface area contributed by atoms with E-state index in [1.54, 1.807) is 0 Å². The van der Waals surface area contributed by atoms with Crippen molar-refractivity contribution in [1.82, 2.24) is 0 Å². The Morgan fingerprint density at radius 3 is 1.89 bits per heavy atom. The lowest BCUT2D eigenvalue weighted by molar-refractivity contribution is 0.0655. The average molecular weight is 260 g/mol. The highest BCUT2D eigenvalue weighted by Gasteiger charge is 2.21. The fourth-order valence-electron chi connectivity index (χ4n) is 1.58. The molecule has 0 fully saturated rings. The van der Waals surface area contributed by atoms with Crippen LogP contribution in [0.1, 0.15) is 37.0 Å². The summed E-state index contributed by atoms with van der Waals surface area (Å²) in [4.78, 5) is 33.7. The Kier molecular flexibility index (Phi) is 3.15. The average Bonchev–Trinajstić information content (AvgIpc) is 2.87. The molecule has 0 atom stereocenters. The maximum Gasteiger partial charge on any atom is 0.371 e. The van der Waals surface area contributed by atoms with Gasteiger partial charge in [-0.2, -0.15) is 0 Å². The number of carboxylic acids is 2. The molecule has 1 heterocycles. The van der Waals surface area contributed by atoms with Gasteiger partial charge in [-0.25, -0.2) is 9.59 Å². The number of aromatic carboxylic acids is 2. The molecule has 19 heavy (non-hydrogen) atoms. The van der Waals surface area contributed by atoms with E-state index < -0.39 is 17.7 Å². The number of carbonyl (C=O) groups is 3. The molecule has 0 bridgehead atoms. The molecule has 0 unspecified atom stereocenters. The first-order valence-corrected chi connectivity index (χ1v) is 5.21. The molecule has 0 spiro atoms. The van der Waals surface area contributed by atoms with Gasteiger partial charge in [0.15, 0.2) is 5.76 Å². The third-order valence-electron chi connectivity index (χ3n) is 2.44. The lowest BCUT2D eigenvalue weighted by Crippen LogP contribution is -2.08. The van der Waals surface area contributed by atoms with Gasteiger partial charge in [0.25, 0.3) is 0 Å². The minimum atomic E-state index is -1.30. The largest absolute Gasteiger partial charge is 0.478 e. The number of hydrogen-bond acceptors (Lipinski definition) is 4. The van der Waals surface area contributed by atoms with Crippen molar-refractivity contribution in [2.24, 2.45) is 0 Å². The number of rotatable bonds is 4. The van der Waals surface area contributed by atoms with E-state index in [-0.39, 0.29) is 22.6 Å². The van der Waals surface area contributed by atoms with Crippen molar-refractivity contribution in [3.05, 3.63) is 59.0 Å². The van der Waals surface area contributed by atoms with Crippen molar-refractivity contribution in [1.29, 1.82) is 0 Å². The van der Waals surface area contributed by atoms with Crippen LogP contribution in [0.5, 0.6) is 0 Å². The van der Waals surface area contributed by atoms with Gasteiger partial charge in [-0.3, -0.25) is 4.79 Å². The number of carboxylic acid groups (broad SMARTS) is 2. The monoisotopic (exact) mass is 260 g/mol. The molecule has 0 radical (unpaired) electrons. The Morgan fingerprint density at radius 2 is 1.37 bits per heavy atom. The lowest BCUT2D eigenvalue weighted by atomic mass is 10.0. The van der Waals surface area contributed by atoms with Crippen LogP contribution in [0.2, 0.25) is 0 Å². The predicted octanol–water partition coefficient (Wildman–Crippen LogP) is 1.91. The highest BCUT2D eigenvalue weighted by Crippen LogP contribution is 2.17. The molecule has 0 amide bonds. The molecule has 6 nitrogen and oxygen atoms in total. The van der Waals surface area contributed by atoms with Gasteiger partial charge in [0.1, 0.15) is 0 Å². The number of furan rings is 1. The van der Waals surface area contributed by atoms with E-state index in [9.17, 15) is 14.4 Å². The van der Waals surface area contributed by atoms with E-state index in [1.807, 2.05) is 0 Å². The summed E-state index contributed by atoms with van der Waals surface area (Å²) in [7, 11) is 0. The summed E-state index contributed by atoms with van der Waals surface area (Å²) >= 11 is 0. The van der Waals surface area contributed by atoms with E-state index in [1.165, 1.54) is 30.3 Å². The minimum Gasteiger partial charge on any atom is -0.478 e. The van der Waals surface area contributed by atoms with Crippen LogP contribution >= 0.6 is 0 Å². The number of hydrogen-bond donors (Lipinski definition) is 2. The zero-order valence-corrected chi connectivity index (χ0v) is 9.49. The second-order valence-electron chi connectivity index (χ2n) is 3.65. The summed E-state index contributed by atoms with van der Waals surface area (Å²) in [6, 6.07) is 7.97. The summed E-state index contributed by atoms with van der Waals surface area (Å²) in [6.45, 7) is 0. The zero-order chi connectivity index (χ0) is 14.0. The Morgan fingerprint density at radius 1 is 0.789 bits per heavy atom. The van der Waals surface area contributed by atoms with Gasteiger partial charge in [0.05, 0.1) is 5.56 Å². The van der Waals surface area contributed by atoms with E-state index in [4.69, 9.17) is 14.6 Å². The third-order valence-corrected chi connectivity index (χ3v) is 2.44. The Hall–Kier alpha value is -2.89. The summed E-state index contributed by atoms with van der Waals surface area (Å²) in [6.07, 6.45) is 0. The number of carbonyl (C=O) groups excluding carboxylic acids is 1. The second kappa shape index (κ2) is 4.77. The normalized spacial score (nSPS) is 10.1. The van der Waals surface area contributed by atoms with Crippen molar-refractivity contribution in [3.63, 3.8) is 0 Å². The second-order valence-corrected chi connectivity index (χ2v) is 3.65. The van der Waals surface area contributed by atoms with Crippen molar-refractivity contribution >= 4 is 17.7 Å². The van der Waals surface area contributed by atoms with Crippen LogP contribution in [-0.4, -0.2) is 27.9 Å². The molecule has 2 aromatic rings. The van der Waals surface area contributed by atoms with Gasteiger partial charge in [-0.1, -0.05) is 18.2 Å². The van der Waals surface area contributed by atoms with Gasteiger partial charge < -0.3 is 14.6 Å². The standard InChI is InChI=1S/C13H8O6/c14-11(9-5-6-10(19-9)13(17)18)7-3-1-2-4-8(7)12(15)16/h1-6H,(H,15,16)(H,17,18). The fraction of sp³-hybridized carbons (Fsp3) is 0. The first-order valence-electron chi connectivity index (χ1n) is 5.21. The first kappa shape index (κ1) is 12.6. The van der Waals surface area contributed by atoms with Gasteiger partial charge in [0, 0.05) is 5.56 Å². The van der Waals surface area contributed by atoms with Crippen LogP contribution in [0.15, 0.2) is 40.8 Å². The predicted molar refractivity (Wildman–Crippen MR) is 62.5 cm³/mol. The highest BCUT2D eigenvalue weighted by molar-refractivity contribution is 6.13. The molecule has 0 saturated carbocycles. The van der Waals surface area contributed by atoms with Crippen LogP contribution < -0.4 is 0 Å². The van der Waals surface area contributed by atoms with Gasteiger partial charge in [-0.05, 0) is 18.2 Å². The number of benzene rings is 1. The molecule has 96 valence electrons. The molecule has 2 N–H and O–H groups in total. The van der Waals surface area contributed by atoms with Crippen molar-refractivity contribution in [2.45, 2.75) is 0 Å². The first-order chi connectivity index (χ1) is 9.00. The SMILES string of the molecule is O=C(O)c1ccc(C(=O)c2ccccc2C(=O)O)o1. The Bertz CT molecular complexity index is 667. The molecule has 2 rings (SSSR count). The quantitative estimate of drug-likeness (QED) is 0.813. The maximum absolute atomic E-state index is 12.1. The van der Waals surface area contributed by atoms with Crippen molar-refractivity contribution < 1.29 is 29.0 Å². The van der Waals surface area contributed by atoms with E-state index in [2.05, 4.69) is 0 Å². The molecule has 0 aliphatic carbocycles. The summed E-state index contributed by atoms with van der Waals surface area (Å²) < 4.78 is 4.85. The summed E-state index contributed by atoms with van der Waals surface area (Å²) in [5.41, 5.74) is -0.220. The minimum absolute atomic E-state index is 0.0544.